The first-order valence-corrected chi connectivity index (χ1v) is 5.33. The second-order valence-corrected chi connectivity index (χ2v) is 4.14. The summed E-state index contributed by atoms with van der Waals surface area (Å²) in [6.07, 6.45) is 3.50. The van der Waals surface area contributed by atoms with Gasteiger partial charge >= 0.3 is 0 Å². The summed E-state index contributed by atoms with van der Waals surface area (Å²) in [5.41, 5.74) is 0.0149. The van der Waals surface area contributed by atoms with Crippen LogP contribution in [0.15, 0.2) is 0 Å². The maximum Gasteiger partial charge on any atom is 0.163 e. The Morgan fingerprint density at radius 3 is 2.50 bits per heavy atom. The van der Waals surface area contributed by atoms with E-state index in [4.69, 9.17) is 14.7 Å². The molecule has 1 saturated heterocycles. The van der Waals surface area contributed by atoms with Gasteiger partial charge in [-0.3, -0.25) is 0 Å². The zero-order valence-corrected chi connectivity index (χ0v) is 9.08. The molecule has 0 N–H and O–H groups in total. The molecule has 1 atom stereocenters. The minimum absolute atomic E-state index is 0.0149. The Labute approximate surface area is 86.0 Å². The van der Waals surface area contributed by atoms with Crippen LogP contribution >= 0.6 is 0 Å². The Bertz CT molecular complexity index is 206. The first kappa shape index (κ1) is 11.5. The zero-order valence-electron chi connectivity index (χ0n) is 9.08. The molecule has 80 valence electrons. The van der Waals surface area contributed by atoms with Crippen LogP contribution in [0.3, 0.4) is 0 Å². The van der Waals surface area contributed by atoms with E-state index in [-0.39, 0.29) is 11.7 Å². The maximum absolute atomic E-state index is 8.61. The standard InChI is InChI=1S/C11H19NO2/c1-3-5-11(2,6-4-7-12)10-13-8-9-14-10/h10H,3-6,8-9H2,1-2H3. The van der Waals surface area contributed by atoms with Crippen LogP contribution < -0.4 is 0 Å². The van der Waals surface area contributed by atoms with Gasteiger partial charge < -0.3 is 9.47 Å². The summed E-state index contributed by atoms with van der Waals surface area (Å²) >= 11 is 0. The van der Waals surface area contributed by atoms with E-state index < -0.39 is 0 Å². The summed E-state index contributed by atoms with van der Waals surface area (Å²) in [7, 11) is 0. The van der Waals surface area contributed by atoms with Crippen LogP contribution in [-0.2, 0) is 9.47 Å². The van der Waals surface area contributed by atoms with E-state index in [1.54, 1.807) is 0 Å². The van der Waals surface area contributed by atoms with Gasteiger partial charge in [0.25, 0.3) is 0 Å². The Balaban J connectivity index is 2.54. The molecule has 1 aliphatic rings. The quantitative estimate of drug-likeness (QED) is 0.680. The monoisotopic (exact) mass is 197 g/mol. The largest absolute Gasteiger partial charge is 0.350 e. The van der Waals surface area contributed by atoms with Crippen molar-refractivity contribution >= 4 is 0 Å². The lowest BCUT2D eigenvalue weighted by Gasteiger charge is -2.33. The molecule has 1 aliphatic heterocycles. The molecule has 0 aromatic heterocycles. The van der Waals surface area contributed by atoms with Gasteiger partial charge in [0.1, 0.15) is 0 Å². The highest BCUT2D eigenvalue weighted by Crippen LogP contribution is 2.37. The van der Waals surface area contributed by atoms with Crippen LogP contribution in [0.1, 0.15) is 39.5 Å². The van der Waals surface area contributed by atoms with Gasteiger partial charge in [0.2, 0.25) is 0 Å². The van der Waals surface area contributed by atoms with E-state index in [0.29, 0.717) is 19.6 Å². The van der Waals surface area contributed by atoms with Crippen molar-refractivity contribution in [3.63, 3.8) is 0 Å². The van der Waals surface area contributed by atoms with Crippen molar-refractivity contribution in [2.75, 3.05) is 13.2 Å². The van der Waals surface area contributed by atoms with Crippen molar-refractivity contribution in [1.29, 1.82) is 5.26 Å². The molecule has 1 rings (SSSR count). The summed E-state index contributed by atoms with van der Waals surface area (Å²) in [5, 5.41) is 8.61. The molecule has 0 bridgehead atoms. The van der Waals surface area contributed by atoms with Gasteiger partial charge in [-0.15, -0.1) is 0 Å². The molecule has 0 aromatic rings. The van der Waals surface area contributed by atoms with Crippen molar-refractivity contribution in [1.82, 2.24) is 0 Å². The van der Waals surface area contributed by atoms with E-state index in [1.165, 1.54) is 0 Å². The predicted molar refractivity (Wildman–Crippen MR) is 53.6 cm³/mol. The number of nitriles is 1. The molecule has 0 saturated carbocycles. The highest BCUT2D eigenvalue weighted by atomic mass is 16.7. The van der Waals surface area contributed by atoms with E-state index in [2.05, 4.69) is 19.9 Å². The number of rotatable bonds is 5. The Morgan fingerprint density at radius 2 is 2.00 bits per heavy atom. The van der Waals surface area contributed by atoms with Crippen molar-refractivity contribution in [2.45, 2.75) is 45.8 Å². The molecule has 1 unspecified atom stereocenters. The Hall–Kier alpha value is -0.590. The van der Waals surface area contributed by atoms with Gasteiger partial charge in [-0.25, -0.2) is 0 Å². The average molecular weight is 197 g/mol. The molecule has 3 heteroatoms. The van der Waals surface area contributed by atoms with Crippen molar-refractivity contribution in [2.24, 2.45) is 5.41 Å². The second kappa shape index (κ2) is 5.33. The van der Waals surface area contributed by atoms with Crippen molar-refractivity contribution in [3.05, 3.63) is 0 Å². The molecule has 14 heavy (non-hydrogen) atoms. The molecular formula is C11H19NO2. The Morgan fingerprint density at radius 1 is 1.36 bits per heavy atom. The average Bonchev–Trinajstić information content (AvgIpc) is 2.68. The van der Waals surface area contributed by atoms with E-state index in [0.717, 1.165) is 19.3 Å². The second-order valence-electron chi connectivity index (χ2n) is 4.14. The lowest BCUT2D eigenvalue weighted by atomic mass is 9.80. The highest BCUT2D eigenvalue weighted by molar-refractivity contribution is 4.84. The number of hydrogen-bond donors (Lipinski definition) is 0. The van der Waals surface area contributed by atoms with Crippen molar-refractivity contribution < 1.29 is 9.47 Å². The van der Waals surface area contributed by atoms with Crippen LogP contribution in [0.5, 0.6) is 0 Å². The third-order valence-electron chi connectivity index (χ3n) is 2.82. The van der Waals surface area contributed by atoms with Gasteiger partial charge in [0, 0.05) is 11.8 Å². The fraction of sp³-hybridized carbons (Fsp3) is 0.909. The lowest BCUT2D eigenvalue weighted by molar-refractivity contribution is -0.132. The topological polar surface area (TPSA) is 42.2 Å². The SMILES string of the molecule is CCCC(C)(CCC#N)C1OCCO1. The molecule has 0 radical (unpaired) electrons. The first-order chi connectivity index (χ1) is 6.73. The molecule has 3 nitrogen and oxygen atoms in total. The molecular weight excluding hydrogens is 178 g/mol. The maximum atomic E-state index is 8.61. The smallest absolute Gasteiger partial charge is 0.163 e. The summed E-state index contributed by atoms with van der Waals surface area (Å²) in [5.74, 6) is 0. The number of ether oxygens (including phenoxy) is 2. The fourth-order valence-electron chi connectivity index (χ4n) is 2.03. The predicted octanol–water partition coefficient (Wildman–Crippen LogP) is 2.47. The minimum atomic E-state index is -0.101. The summed E-state index contributed by atoms with van der Waals surface area (Å²) in [6.45, 7) is 5.69. The summed E-state index contributed by atoms with van der Waals surface area (Å²) < 4.78 is 11.1. The van der Waals surface area contributed by atoms with Gasteiger partial charge in [-0.2, -0.15) is 5.26 Å². The molecule has 1 fully saturated rings. The fourth-order valence-corrected chi connectivity index (χ4v) is 2.03. The lowest BCUT2D eigenvalue weighted by Crippen LogP contribution is -2.33. The zero-order chi connectivity index (χ0) is 10.4. The molecule has 1 heterocycles. The van der Waals surface area contributed by atoms with Gasteiger partial charge in [-0.1, -0.05) is 20.3 Å². The highest BCUT2D eigenvalue weighted by Gasteiger charge is 2.37. The normalized spacial score (nSPS) is 21.8. The van der Waals surface area contributed by atoms with E-state index in [1.807, 2.05) is 0 Å². The Kier molecular flexibility index (Phi) is 4.37. The van der Waals surface area contributed by atoms with E-state index >= 15 is 0 Å². The van der Waals surface area contributed by atoms with Crippen LogP contribution in [0.4, 0.5) is 0 Å². The number of hydrogen-bond acceptors (Lipinski definition) is 3. The van der Waals surface area contributed by atoms with Gasteiger partial charge in [0.05, 0.1) is 19.3 Å². The minimum Gasteiger partial charge on any atom is -0.350 e. The third kappa shape index (κ3) is 2.70. The summed E-state index contributed by atoms with van der Waals surface area (Å²) in [4.78, 5) is 0. The number of nitrogens with zero attached hydrogens (tertiary/aromatic N) is 1. The molecule has 0 spiro atoms. The van der Waals surface area contributed by atoms with Crippen LogP contribution in [0, 0.1) is 16.7 Å². The summed E-state index contributed by atoms with van der Waals surface area (Å²) in [6, 6.07) is 2.19. The van der Waals surface area contributed by atoms with E-state index in [9.17, 15) is 0 Å². The van der Waals surface area contributed by atoms with Crippen molar-refractivity contribution in [3.8, 4) is 6.07 Å². The molecule has 0 aliphatic carbocycles. The molecule has 0 amide bonds. The first-order valence-electron chi connectivity index (χ1n) is 5.33. The third-order valence-corrected chi connectivity index (χ3v) is 2.82. The van der Waals surface area contributed by atoms with Crippen LogP contribution in [-0.4, -0.2) is 19.5 Å². The van der Waals surface area contributed by atoms with Crippen LogP contribution in [0.2, 0.25) is 0 Å². The van der Waals surface area contributed by atoms with Crippen LogP contribution in [0.25, 0.3) is 0 Å². The van der Waals surface area contributed by atoms with Gasteiger partial charge in [-0.05, 0) is 12.8 Å². The van der Waals surface area contributed by atoms with Gasteiger partial charge in [0.15, 0.2) is 6.29 Å². The molecule has 0 aromatic carbocycles.